The van der Waals surface area contributed by atoms with Gasteiger partial charge in [-0.2, -0.15) is 4.37 Å². The predicted molar refractivity (Wildman–Crippen MR) is 75.6 cm³/mol. The fourth-order valence-corrected chi connectivity index (χ4v) is 2.97. The maximum absolute atomic E-state index is 5.76. The largest absolute Gasteiger partial charge is 0.474 e. The number of ether oxygens (including phenoxy) is 1. The normalized spacial score (nSPS) is 20.1. The molecule has 2 heterocycles. The second-order valence-corrected chi connectivity index (χ2v) is 5.37. The van der Waals surface area contributed by atoms with Gasteiger partial charge in [0.15, 0.2) is 0 Å². The second kappa shape index (κ2) is 6.92. The van der Waals surface area contributed by atoms with E-state index in [-0.39, 0.29) is 0 Å². The molecule has 1 aromatic rings. The molecule has 0 saturated carbocycles. The Hall–Kier alpha value is -0.840. The summed E-state index contributed by atoms with van der Waals surface area (Å²) in [5, 5.41) is 0. The van der Waals surface area contributed by atoms with Crippen LogP contribution >= 0.6 is 11.7 Å². The lowest BCUT2D eigenvalue weighted by molar-refractivity contribution is 0.298. The van der Waals surface area contributed by atoms with E-state index in [1.54, 1.807) is 0 Å². The number of nitrogens with zero attached hydrogens (tertiary/aromatic N) is 3. The van der Waals surface area contributed by atoms with Crippen LogP contribution in [-0.2, 0) is 0 Å². The van der Waals surface area contributed by atoms with Crippen LogP contribution in [0.4, 0.5) is 5.82 Å². The van der Waals surface area contributed by atoms with Gasteiger partial charge in [-0.25, -0.2) is 0 Å². The summed E-state index contributed by atoms with van der Waals surface area (Å²) in [6.07, 6.45) is 7.25. The summed E-state index contributed by atoms with van der Waals surface area (Å²) in [4.78, 5) is 2.40. The smallest absolute Gasteiger partial charge is 0.270 e. The Labute approximate surface area is 114 Å². The third kappa shape index (κ3) is 3.13. The van der Waals surface area contributed by atoms with Gasteiger partial charge in [-0.3, -0.25) is 0 Å². The molecule has 4 nitrogen and oxygen atoms in total. The highest BCUT2D eigenvalue weighted by atomic mass is 32.1. The summed E-state index contributed by atoms with van der Waals surface area (Å²) >= 11 is 1.26. The van der Waals surface area contributed by atoms with Crippen molar-refractivity contribution in [2.24, 2.45) is 0 Å². The van der Waals surface area contributed by atoms with Crippen molar-refractivity contribution in [3.05, 3.63) is 0 Å². The molecule has 0 bridgehead atoms. The molecule has 0 aromatic carbocycles. The van der Waals surface area contributed by atoms with E-state index in [4.69, 9.17) is 4.74 Å². The van der Waals surface area contributed by atoms with E-state index >= 15 is 0 Å². The highest BCUT2D eigenvalue weighted by Crippen LogP contribution is 2.32. The molecular weight excluding hydrogens is 246 g/mol. The molecule has 1 saturated heterocycles. The highest BCUT2D eigenvalue weighted by Gasteiger charge is 2.26. The lowest BCUT2D eigenvalue weighted by Crippen LogP contribution is -2.39. The Morgan fingerprint density at radius 3 is 3.00 bits per heavy atom. The van der Waals surface area contributed by atoms with E-state index in [9.17, 15) is 0 Å². The molecule has 1 aliphatic rings. The van der Waals surface area contributed by atoms with E-state index in [2.05, 4.69) is 27.5 Å². The number of piperidine rings is 1. The number of hydrogen-bond donors (Lipinski definition) is 0. The van der Waals surface area contributed by atoms with Gasteiger partial charge in [-0.05, 0) is 32.1 Å². The molecule has 0 amide bonds. The quantitative estimate of drug-likeness (QED) is 0.741. The Kier molecular flexibility index (Phi) is 5.23. The number of aromatic nitrogens is 2. The summed E-state index contributed by atoms with van der Waals surface area (Å²) < 4.78 is 14.5. The zero-order valence-corrected chi connectivity index (χ0v) is 12.2. The molecule has 2 rings (SSSR count). The van der Waals surface area contributed by atoms with Gasteiger partial charge >= 0.3 is 0 Å². The molecule has 102 valence electrons. The van der Waals surface area contributed by atoms with Crippen molar-refractivity contribution in [3.63, 3.8) is 0 Å². The summed E-state index contributed by atoms with van der Waals surface area (Å²) in [5.74, 6) is 1.72. The Morgan fingerprint density at radius 1 is 1.33 bits per heavy atom. The van der Waals surface area contributed by atoms with Gasteiger partial charge in [0.2, 0.25) is 5.82 Å². The fourth-order valence-electron chi connectivity index (χ4n) is 2.46. The first-order valence-corrected chi connectivity index (χ1v) is 7.81. The van der Waals surface area contributed by atoms with Crippen LogP contribution in [0, 0.1) is 0 Å². The number of unbranched alkanes of at least 4 members (excludes halogenated alkanes) is 1. The lowest BCUT2D eigenvalue weighted by Gasteiger charge is -2.35. The number of hydrogen-bond acceptors (Lipinski definition) is 5. The number of anilines is 1. The first-order chi connectivity index (χ1) is 8.86. The SMILES string of the molecule is CCCCOc1nsnc1N1CCCCC1CC. The van der Waals surface area contributed by atoms with Crippen LogP contribution in [0.25, 0.3) is 0 Å². The first kappa shape index (κ1) is 13.6. The van der Waals surface area contributed by atoms with E-state index in [0.29, 0.717) is 6.04 Å². The summed E-state index contributed by atoms with van der Waals surface area (Å²) in [6, 6.07) is 0.608. The maximum Gasteiger partial charge on any atom is 0.270 e. The average Bonchev–Trinajstić information content (AvgIpc) is 2.87. The van der Waals surface area contributed by atoms with Gasteiger partial charge in [0.05, 0.1) is 18.3 Å². The summed E-state index contributed by atoms with van der Waals surface area (Å²) in [7, 11) is 0. The van der Waals surface area contributed by atoms with Crippen LogP contribution in [0.15, 0.2) is 0 Å². The van der Waals surface area contributed by atoms with E-state index < -0.39 is 0 Å². The monoisotopic (exact) mass is 269 g/mol. The Balaban J connectivity index is 2.04. The molecule has 0 spiro atoms. The van der Waals surface area contributed by atoms with E-state index in [0.717, 1.165) is 37.7 Å². The molecule has 5 heteroatoms. The topological polar surface area (TPSA) is 38.3 Å². The van der Waals surface area contributed by atoms with Crippen molar-refractivity contribution in [2.75, 3.05) is 18.1 Å². The van der Waals surface area contributed by atoms with Crippen LogP contribution in [-0.4, -0.2) is 27.9 Å². The van der Waals surface area contributed by atoms with Crippen molar-refractivity contribution in [1.82, 2.24) is 8.75 Å². The third-order valence-corrected chi connectivity index (χ3v) is 4.05. The van der Waals surface area contributed by atoms with Gasteiger partial charge in [0.25, 0.3) is 5.88 Å². The van der Waals surface area contributed by atoms with Gasteiger partial charge < -0.3 is 9.64 Å². The minimum Gasteiger partial charge on any atom is -0.474 e. The fraction of sp³-hybridized carbons (Fsp3) is 0.846. The molecular formula is C13H23N3OS. The van der Waals surface area contributed by atoms with Crippen LogP contribution in [0.2, 0.25) is 0 Å². The maximum atomic E-state index is 5.76. The van der Waals surface area contributed by atoms with Crippen molar-refractivity contribution in [3.8, 4) is 5.88 Å². The van der Waals surface area contributed by atoms with Gasteiger partial charge in [-0.15, -0.1) is 4.37 Å². The zero-order valence-electron chi connectivity index (χ0n) is 11.4. The van der Waals surface area contributed by atoms with E-state index in [1.165, 1.54) is 37.4 Å². The molecule has 0 N–H and O–H groups in total. The van der Waals surface area contributed by atoms with Crippen LogP contribution in [0.5, 0.6) is 5.88 Å². The average molecular weight is 269 g/mol. The van der Waals surface area contributed by atoms with Crippen molar-refractivity contribution >= 4 is 17.5 Å². The van der Waals surface area contributed by atoms with E-state index in [1.807, 2.05) is 0 Å². The minimum atomic E-state index is 0.608. The second-order valence-electron chi connectivity index (χ2n) is 4.85. The molecule has 0 aliphatic carbocycles. The minimum absolute atomic E-state index is 0.608. The molecule has 1 unspecified atom stereocenters. The molecule has 18 heavy (non-hydrogen) atoms. The Morgan fingerprint density at radius 2 is 2.22 bits per heavy atom. The molecule has 1 aromatic heterocycles. The van der Waals surface area contributed by atoms with Crippen LogP contribution < -0.4 is 9.64 Å². The Bertz CT molecular complexity index is 356. The lowest BCUT2D eigenvalue weighted by atomic mass is 10.0. The highest BCUT2D eigenvalue weighted by molar-refractivity contribution is 6.99. The van der Waals surface area contributed by atoms with Crippen LogP contribution in [0.1, 0.15) is 52.4 Å². The van der Waals surface area contributed by atoms with Gasteiger partial charge in [0.1, 0.15) is 0 Å². The zero-order chi connectivity index (χ0) is 12.8. The molecule has 1 aliphatic heterocycles. The standard InChI is InChI=1S/C13H23N3OS/c1-3-5-10-17-13-12(14-18-15-13)16-9-7-6-8-11(16)4-2/h11H,3-10H2,1-2H3. The van der Waals surface area contributed by atoms with Gasteiger partial charge in [-0.1, -0.05) is 20.3 Å². The van der Waals surface area contributed by atoms with Crippen molar-refractivity contribution in [1.29, 1.82) is 0 Å². The predicted octanol–water partition coefficient (Wildman–Crippen LogP) is 3.49. The summed E-state index contributed by atoms with van der Waals surface area (Å²) in [6.45, 7) is 6.26. The van der Waals surface area contributed by atoms with Crippen molar-refractivity contribution < 1.29 is 4.74 Å². The van der Waals surface area contributed by atoms with Crippen LogP contribution in [0.3, 0.4) is 0 Å². The molecule has 0 radical (unpaired) electrons. The molecule has 1 atom stereocenters. The molecule has 1 fully saturated rings. The first-order valence-electron chi connectivity index (χ1n) is 7.08. The van der Waals surface area contributed by atoms with Gasteiger partial charge in [0, 0.05) is 12.6 Å². The number of rotatable bonds is 6. The third-order valence-electron chi connectivity index (χ3n) is 3.55. The summed E-state index contributed by atoms with van der Waals surface area (Å²) in [5.41, 5.74) is 0. The van der Waals surface area contributed by atoms with Crippen molar-refractivity contribution in [2.45, 2.75) is 58.4 Å².